The van der Waals surface area contributed by atoms with Crippen molar-refractivity contribution in [3.63, 3.8) is 0 Å². The summed E-state index contributed by atoms with van der Waals surface area (Å²) >= 11 is 1.49. The zero-order valence-electron chi connectivity index (χ0n) is 14.0. The number of piperidine rings is 1. The van der Waals surface area contributed by atoms with Crippen LogP contribution in [0.2, 0.25) is 0 Å². The number of carbonyl (C=O) groups excluding carboxylic acids is 1. The average molecular weight is 334 g/mol. The lowest BCUT2D eigenvalue weighted by molar-refractivity contribution is 0.0673. The molecule has 1 amide bonds. The highest BCUT2D eigenvalue weighted by atomic mass is 32.1. The highest BCUT2D eigenvalue weighted by Gasteiger charge is 2.29. The fraction of sp³-hybridized carbons (Fsp3) is 0.562. The molecule has 1 fully saturated rings. The topological polar surface area (TPSA) is 60.2 Å². The molecule has 0 aliphatic carbocycles. The van der Waals surface area contributed by atoms with Gasteiger partial charge in [-0.05, 0) is 39.7 Å². The summed E-state index contributed by atoms with van der Waals surface area (Å²) in [5.41, 5.74) is 0. The second kappa shape index (κ2) is 6.31. The van der Waals surface area contributed by atoms with E-state index in [-0.39, 0.29) is 11.9 Å². The van der Waals surface area contributed by atoms with Gasteiger partial charge in [-0.25, -0.2) is 9.67 Å². The predicted molar refractivity (Wildman–Crippen MR) is 89.3 cm³/mol. The minimum atomic E-state index is 0.0548. The summed E-state index contributed by atoms with van der Waals surface area (Å²) in [6.07, 6.45) is 2.00. The van der Waals surface area contributed by atoms with Crippen LogP contribution in [0.15, 0.2) is 6.07 Å². The first-order valence-electron chi connectivity index (χ1n) is 7.83. The molecule has 0 unspecified atom stereocenters. The molecule has 0 saturated carbocycles. The van der Waals surface area contributed by atoms with Gasteiger partial charge < -0.3 is 9.64 Å². The number of hydrogen-bond donors (Lipinski definition) is 0. The molecule has 0 radical (unpaired) electrons. The number of aromatic nitrogens is 3. The molecule has 3 rings (SSSR count). The maximum absolute atomic E-state index is 12.9. The molecule has 1 aliphatic rings. The largest absolute Gasteiger partial charge is 0.495 e. The Morgan fingerprint density at radius 2 is 2.17 bits per heavy atom. The number of nitrogens with zero attached hydrogens (tertiary/aromatic N) is 4. The van der Waals surface area contributed by atoms with E-state index < -0.39 is 0 Å². The van der Waals surface area contributed by atoms with Gasteiger partial charge in [0.25, 0.3) is 5.91 Å². The van der Waals surface area contributed by atoms with E-state index in [1.165, 1.54) is 11.3 Å². The summed E-state index contributed by atoms with van der Waals surface area (Å²) in [5.74, 6) is 2.42. The molecule has 1 aliphatic heterocycles. The van der Waals surface area contributed by atoms with Crippen molar-refractivity contribution in [1.29, 1.82) is 0 Å². The number of amides is 1. The van der Waals surface area contributed by atoms with Crippen LogP contribution < -0.4 is 4.74 Å². The number of likely N-dealkylation sites (tertiary alicyclic amines) is 1. The third-order valence-electron chi connectivity index (χ3n) is 4.17. The van der Waals surface area contributed by atoms with Crippen LogP contribution in [0.3, 0.4) is 0 Å². The van der Waals surface area contributed by atoms with E-state index in [0.29, 0.717) is 17.2 Å². The molecule has 6 nitrogen and oxygen atoms in total. The second-order valence-corrected chi connectivity index (χ2v) is 7.21. The fourth-order valence-electron chi connectivity index (χ4n) is 3.16. The molecular weight excluding hydrogens is 312 g/mol. The van der Waals surface area contributed by atoms with Crippen LogP contribution in [0, 0.1) is 20.8 Å². The van der Waals surface area contributed by atoms with Crippen LogP contribution in [0.4, 0.5) is 0 Å². The molecule has 0 bridgehead atoms. The van der Waals surface area contributed by atoms with E-state index in [1.54, 1.807) is 7.11 Å². The lowest BCUT2D eigenvalue weighted by Crippen LogP contribution is -2.41. The maximum atomic E-state index is 12.9. The molecule has 0 N–H and O–H groups in total. The molecule has 7 heteroatoms. The van der Waals surface area contributed by atoms with Gasteiger partial charge in [-0.2, -0.15) is 5.10 Å². The standard InChI is InChI=1S/C16H22N4O2S/c1-10-8-14(22-4)15(23-10)16(21)19-7-5-6-13(9-19)20-12(3)17-11(2)18-20/h8,13H,5-7,9H2,1-4H3/t13-/m0/s1. The molecule has 1 saturated heterocycles. The van der Waals surface area contributed by atoms with E-state index in [4.69, 9.17) is 4.74 Å². The van der Waals surface area contributed by atoms with Gasteiger partial charge in [0.05, 0.1) is 13.2 Å². The van der Waals surface area contributed by atoms with Gasteiger partial charge in [0.15, 0.2) is 0 Å². The van der Waals surface area contributed by atoms with Crippen molar-refractivity contribution in [2.75, 3.05) is 20.2 Å². The van der Waals surface area contributed by atoms with E-state index >= 15 is 0 Å². The lowest BCUT2D eigenvalue weighted by atomic mass is 10.1. The maximum Gasteiger partial charge on any atom is 0.267 e. The first-order valence-corrected chi connectivity index (χ1v) is 8.64. The number of carbonyl (C=O) groups is 1. The molecule has 2 aromatic heterocycles. The quantitative estimate of drug-likeness (QED) is 0.866. The Morgan fingerprint density at radius 1 is 1.39 bits per heavy atom. The van der Waals surface area contributed by atoms with Gasteiger partial charge in [0, 0.05) is 18.0 Å². The van der Waals surface area contributed by atoms with Crippen LogP contribution in [0.5, 0.6) is 5.75 Å². The second-order valence-electron chi connectivity index (χ2n) is 5.95. The highest BCUT2D eigenvalue weighted by Crippen LogP contribution is 2.32. The van der Waals surface area contributed by atoms with E-state index in [2.05, 4.69) is 10.1 Å². The van der Waals surface area contributed by atoms with Crippen molar-refractivity contribution in [3.05, 3.63) is 27.5 Å². The number of rotatable bonds is 3. The Morgan fingerprint density at radius 3 is 2.83 bits per heavy atom. The Bertz CT molecular complexity index is 722. The van der Waals surface area contributed by atoms with Crippen molar-refractivity contribution in [2.45, 2.75) is 39.7 Å². The lowest BCUT2D eigenvalue weighted by Gasteiger charge is -2.33. The molecule has 124 valence electrons. The number of aryl methyl sites for hydroxylation is 3. The van der Waals surface area contributed by atoms with Crippen molar-refractivity contribution in [3.8, 4) is 5.75 Å². The Kier molecular flexibility index (Phi) is 4.39. The summed E-state index contributed by atoms with van der Waals surface area (Å²) in [7, 11) is 1.61. The van der Waals surface area contributed by atoms with Gasteiger partial charge >= 0.3 is 0 Å². The third kappa shape index (κ3) is 3.10. The molecular formula is C16H22N4O2S. The van der Waals surface area contributed by atoms with Crippen molar-refractivity contribution in [2.24, 2.45) is 0 Å². The number of thiophene rings is 1. The van der Waals surface area contributed by atoms with Gasteiger partial charge in [-0.1, -0.05) is 0 Å². The van der Waals surface area contributed by atoms with Crippen LogP contribution in [-0.4, -0.2) is 45.8 Å². The summed E-state index contributed by atoms with van der Waals surface area (Å²) in [4.78, 5) is 20.9. The fourth-order valence-corrected chi connectivity index (χ4v) is 4.10. The van der Waals surface area contributed by atoms with Crippen molar-refractivity contribution in [1.82, 2.24) is 19.7 Å². The van der Waals surface area contributed by atoms with E-state index in [0.717, 1.165) is 35.9 Å². The summed E-state index contributed by atoms with van der Waals surface area (Å²) in [6.45, 7) is 7.30. The van der Waals surface area contributed by atoms with Gasteiger partial charge in [0.2, 0.25) is 0 Å². The average Bonchev–Trinajstić information content (AvgIpc) is 3.08. The summed E-state index contributed by atoms with van der Waals surface area (Å²) in [6, 6.07) is 2.12. The minimum Gasteiger partial charge on any atom is -0.495 e. The summed E-state index contributed by atoms with van der Waals surface area (Å²) < 4.78 is 7.31. The van der Waals surface area contributed by atoms with Gasteiger partial charge in [-0.3, -0.25) is 4.79 Å². The van der Waals surface area contributed by atoms with Crippen LogP contribution in [-0.2, 0) is 0 Å². The Labute approximate surface area is 140 Å². The van der Waals surface area contributed by atoms with Crippen molar-refractivity contribution < 1.29 is 9.53 Å². The third-order valence-corrected chi connectivity index (χ3v) is 5.19. The van der Waals surface area contributed by atoms with Gasteiger partial charge in [-0.15, -0.1) is 11.3 Å². The molecule has 0 aromatic carbocycles. The molecule has 23 heavy (non-hydrogen) atoms. The molecule has 2 aromatic rings. The van der Waals surface area contributed by atoms with E-state index in [1.807, 2.05) is 36.4 Å². The number of methoxy groups -OCH3 is 1. The SMILES string of the molecule is COc1cc(C)sc1C(=O)N1CCC[C@H](n2nc(C)nc2C)C1. The van der Waals surface area contributed by atoms with Crippen LogP contribution >= 0.6 is 11.3 Å². The first-order chi connectivity index (χ1) is 11.0. The normalized spacial score (nSPS) is 18.3. The highest BCUT2D eigenvalue weighted by molar-refractivity contribution is 7.14. The number of hydrogen-bond acceptors (Lipinski definition) is 5. The summed E-state index contributed by atoms with van der Waals surface area (Å²) in [5, 5.41) is 4.48. The smallest absolute Gasteiger partial charge is 0.267 e. The first kappa shape index (κ1) is 16.0. The zero-order chi connectivity index (χ0) is 16.6. The van der Waals surface area contributed by atoms with Gasteiger partial charge in [0.1, 0.15) is 22.3 Å². The molecule has 3 heterocycles. The zero-order valence-corrected chi connectivity index (χ0v) is 14.8. The molecule has 1 atom stereocenters. The number of ether oxygens (including phenoxy) is 1. The van der Waals surface area contributed by atoms with Crippen molar-refractivity contribution >= 4 is 17.2 Å². The molecule has 0 spiro atoms. The minimum absolute atomic E-state index is 0.0548. The van der Waals surface area contributed by atoms with E-state index in [9.17, 15) is 4.79 Å². The monoisotopic (exact) mass is 334 g/mol. The predicted octanol–water partition coefficient (Wildman–Crippen LogP) is 2.75. The Hall–Kier alpha value is -1.89. The van der Waals surface area contributed by atoms with Crippen LogP contribution in [0.1, 0.15) is 45.1 Å². The Balaban J connectivity index is 1.80. The van der Waals surface area contributed by atoms with Crippen LogP contribution in [0.25, 0.3) is 0 Å².